The van der Waals surface area contributed by atoms with E-state index >= 15 is 0 Å². The van der Waals surface area contributed by atoms with Crippen LogP contribution in [0.25, 0.3) is 10.7 Å². The molecule has 0 atom stereocenters. The van der Waals surface area contributed by atoms with Crippen molar-refractivity contribution in [2.75, 3.05) is 12.4 Å². The van der Waals surface area contributed by atoms with Gasteiger partial charge in [0, 0.05) is 23.4 Å². The second-order valence-electron chi connectivity index (χ2n) is 7.95. The van der Waals surface area contributed by atoms with Gasteiger partial charge in [-0.3, -0.25) is 4.79 Å². The maximum atomic E-state index is 12.6. The highest BCUT2D eigenvalue weighted by molar-refractivity contribution is 7.13. The summed E-state index contributed by atoms with van der Waals surface area (Å²) in [6.07, 6.45) is 6.41. The first kappa shape index (κ1) is 26.2. The summed E-state index contributed by atoms with van der Waals surface area (Å²) in [7, 11) is 1.62. The third-order valence-corrected chi connectivity index (χ3v) is 6.45. The number of aryl methyl sites for hydroxylation is 1. The van der Waals surface area contributed by atoms with Gasteiger partial charge in [-0.15, -0.1) is 11.3 Å². The summed E-state index contributed by atoms with van der Waals surface area (Å²) in [4.78, 5) is 23.4. The van der Waals surface area contributed by atoms with Gasteiger partial charge in [0.2, 0.25) is 5.91 Å². The normalized spacial score (nSPS) is 11.9. The van der Waals surface area contributed by atoms with E-state index in [0.717, 1.165) is 57.6 Å². The number of aromatic nitrogens is 2. The lowest BCUT2D eigenvalue weighted by Gasteiger charge is -2.15. The van der Waals surface area contributed by atoms with E-state index in [4.69, 9.17) is 14.7 Å². The molecule has 2 aromatic heterocycles. The standard InChI is InChI=1S/C28H34N4O2S/c1-6-11-23(24(9-4)34-5)30-26(33)18-19-13-15-20(16-14-19)29-27-21(7-2)22(8-3)31-28(32-27)25-12-10-17-35-25/h6,10-17H,7-9,18H2,1-5H3,(H,30,33)(H,29,31,32)/b11-6-,24-23-. The van der Waals surface area contributed by atoms with E-state index in [1.807, 2.05) is 67.8 Å². The number of thiophene rings is 1. The predicted octanol–water partition coefficient (Wildman–Crippen LogP) is 6.58. The minimum atomic E-state index is -0.0842. The van der Waals surface area contributed by atoms with Crippen LogP contribution in [-0.4, -0.2) is 23.0 Å². The van der Waals surface area contributed by atoms with E-state index in [-0.39, 0.29) is 12.3 Å². The lowest BCUT2D eigenvalue weighted by molar-refractivity contribution is -0.119. The Bertz CT molecular complexity index is 1180. The molecule has 0 aliphatic carbocycles. The maximum Gasteiger partial charge on any atom is 0.228 e. The molecular weight excluding hydrogens is 456 g/mol. The Kier molecular flexibility index (Phi) is 9.61. The van der Waals surface area contributed by atoms with Crippen molar-refractivity contribution in [2.24, 2.45) is 0 Å². The predicted molar refractivity (Wildman–Crippen MR) is 145 cm³/mol. The monoisotopic (exact) mass is 490 g/mol. The first-order valence-corrected chi connectivity index (χ1v) is 12.9. The lowest BCUT2D eigenvalue weighted by atomic mass is 10.1. The summed E-state index contributed by atoms with van der Waals surface area (Å²) in [6, 6.07) is 11.9. The van der Waals surface area contributed by atoms with Gasteiger partial charge < -0.3 is 15.4 Å². The molecule has 35 heavy (non-hydrogen) atoms. The molecule has 3 rings (SSSR count). The Morgan fingerprint density at radius 1 is 1.09 bits per heavy atom. The van der Waals surface area contributed by atoms with Crippen LogP contribution < -0.4 is 10.6 Å². The molecule has 0 spiro atoms. The summed E-state index contributed by atoms with van der Waals surface area (Å²) in [5, 5.41) is 8.48. The Morgan fingerprint density at radius 2 is 1.86 bits per heavy atom. The average Bonchev–Trinajstić information content (AvgIpc) is 3.40. The van der Waals surface area contributed by atoms with Gasteiger partial charge in [-0.2, -0.15) is 0 Å². The number of hydrogen-bond acceptors (Lipinski definition) is 6. The van der Waals surface area contributed by atoms with E-state index in [2.05, 4.69) is 24.5 Å². The van der Waals surface area contributed by atoms with Crippen molar-refractivity contribution in [2.45, 2.75) is 53.4 Å². The lowest BCUT2D eigenvalue weighted by Crippen LogP contribution is -2.25. The number of amides is 1. The first-order chi connectivity index (χ1) is 17.0. The van der Waals surface area contributed by atoms with Gasteiger partial charge in [0.05, 0.1) is 24.1 Å². The van der Waals surface area contributed by atoms with Crippen LogP contribution in [0.1, 0.15) is 50.9 Å². The van der Waals surface area contributed by atoms with Crippen molar-refractivity contribution in [3.8, 4) is 10.7 Å². The van der Waals surface area contributed by atoms with Crippen LogP contribution in [0.5, 0.6) is 0 Å². The highest BCUT2D eigenvalue weighted by Crippen LogP contribution is 2.28. The summed E-state index contributed by atoms with van der Waals surface area (Å²) in [5.41, 5.74) is 4.74. The van der Waals surface area contributed by atoms with Crippen LogP contribution in [0.15, 0.2) is 65.4 Å². The first-order valence-electron chi connectivity index (χ1n) is 12.0. The topological polar surface area (TPSA) is 76.1 Å². The van der Waals surface area contributed by atoms with E-state index in [1.165, 1.54) is 0 Å². The number of allylic oxidation sites excluding steroid dienone is 3. The van der Waals surface area contributed by atoms with Gasteiger partial charge in [-0.25, -0.2) is 9.97 Å². The van der Waals surface area contributed by atoms with Crippen LogP contribution in [0.3, 0.4) is 0 Å². The van der Waals surface area contributed by atoms with Crippen molar-refractivity contribution in [1.82, 2.24) is 15.3 Å². The molecule has 0 fully saturated rings. The Balaban J connectivity index is 1.77. The van der Waals surface area contributed by atoms with Gasteiger partial charge in [-0.1, -0.05) is 45.0 Å². The summed E-state index contributed by atoms with van der Waals surface area (Å²) in [6.45, 7) is 8.15. The minimum Gasteiger partial charge on any atom is -0.499 e. The maximum absolute atomic E-state index is 12.6. The number of rotatable bonds is 11. The number of anilines is 2. The number of hydrogen-bond donors (Lipinski definition) is 2. The molecule has 0 saturated carbocycles. The zero-order valence-electron chi connectivity index (χ0n) is 21.1. The Labute approximate surface area is 212 Å². The molecule has 0 radical (unpaired) electrons. The quantitative estimate of drug-likeness (QED) is 0.235. The van der Waals surface area contributed by atoms with Gasteiger partial charge >= 0.3 is 0 Å². The highest BCUT2D eigenvalue weighted by Gasteiger charge is 2.15. The number of methoxy groups -OCH3 is 1. The van der Waals surface area contributed by atoms with Gasteiger partial charge in [0.15, 0.2) is 5.82 Å². The third kappa shape index (κ3) is 6.79. The van der Waals surface area contributed by atoms with E-state index in [1.54, 1.807) is 18.4 Å². The number of nitrogens with one attached hydrogen (secondary N) is 2. The molecule has 184 valence electrons. The molecule has 0 aliphatic rings. The molecule has 1 amide bonds. The van der Waals surface area contributed by atoms with Crippen LogP contribution >= 0.6 is 11.3 Å². The van der Waals surface area contributed by atoms with Crippen molar-refractivity contribution < 1.29 is 9.53 Å². The highest BCUT2D eigenvalue weighted by atomic mass is 32.1. The number of nitrogens with zero attached hydrogens (tertiary/aromatic N) is 2. The Hall–Kier alpha value is -3.45. The molecule has 6 nitrogen and oxygen atoms in total. The smallest absolute Gasteiger partial charge is 0.228 e. The van der Waals surface area contributed by atoms with Crippen molar-refractivity contribution in [3.63, 3.8) is 0 Å². The third-order valence-electron chi connectivity index (χ3n) is 5.58. The number of carbonyl (C=O) groups is 1. The number of ether oxygens (including phenoxy) is 1. The summed E-state index contributed by atoms with van der Waals surface area (Å²) < 4.78 is 5.40. The van der Waals surface area contributed by atoms with Crippen molar-refractivity contribution in [3.05, 3.63) is 82.2 Å². The fraction of sp³-hybridized carbons (Fsp3) is 0.321. The average molecular weight is 491 g/mol. The molecule has 3 aromatic rings. The zero-order valence-corrected chi connectivity index (χ0v) is 22.0. The Morgan fingerprint density at radius 3 is 2.43 bits per heavy atom. The second kappa shape index (κ2) is 12.9. The molecule has 0 aliphatic heterocycles. The summed E-state index contributed by atoms with van der Waals surface area (Å²) >= 11 is 1.64. The molecule has 0 unspecified atom stereocenters. The molecule has 2 N–H and O–H groups in total. The van der Waals surface area contributed by atoms with E-state index in [0.29, 0.717) is 12.1 Å². The molecule has 1 aromatic carbocycles. The minimum absolute atomic E-state index is 0.0842. The van der Waals surface area contributed by atoms with Crippen LogP contribution in [0, 0.1) is 0 Å². The zero-order chi connectivity index (χ0) is 25.2. The molecule has 2 heterocycles. The second-order valence-corrected chi connectivity index (χ2v) is 8.89. The molecular formula is C28H34N4O2S. The van der Waals surface area contributed by atoms with Gasteiger partial charge in [0.1, 0.15) is 11.6 Å². The van der Waals surface area contributed by atoms with Crippen LogP contribution in [0.4, 0.5) is 11.5 Å². The number of benzene rings is 1. The van der Waals surface area contributed by atoms with Crippen molar-refractivity contribution in [1.29, 1.82) is 0 Å². The summed E-state index contributed by atoms with van der Waals surface area (Å²) in [5.74, 6) is 2.25. The number of carbonyl (C=O) groups excluding carboxylic acids is 1. The van der Waals surface area contributed by atoms with E-state index in [9.17, 15) is 4.79 Å². The molecule has 0 saturated heterocycles. The van der Waals surface area contributed by atoms with E-state index < -0.39 is 0 Å². The van der Waals surface area contributed by atoms with Crippen LogP contribution in [-0.2, 0) is 28.8 Å². The van der Waals surface area contributed by atoms with Crippen LogP contribution in [0.2, 0.25) is 0 Å². The molecule has 7 heteroatoms. The fourth-order valence-corrected chi connectivity index (χ4v) is 4.51. The van der Waals surface area contributed by atoms with Gasteiger partial charge in [-0.05, 0) is 55.0 Å². The SMILES string of the molecule is C/C=C\C(NC(=O)Cc1ccc(Nc2nc(-c3cccs3)nc(CC)c2CC)cc1)=C(/CC)OC. The molecule has 0 bridgehead atoms. The largest absolute Gasteiger partial charge is 0.499 e. The van der Waals surface area contributed by atoms with Crippen molar-refractivity contribution >= 4 is 28.7 Å². The fourth-order valence-electron chi connectivity index (χ4n) is 3.85. The van der Waals surface area contributed by atoms with Gasteiger partial charge in [0.25, 0.3) is 0 Å².